The van der Waals surface area contributed by atoms with Crippen molar-refractivity contribution in [3.8, 4) is 11.1 Å². The molecule has 0 unspecified atom stereocenters. The molecule has 0 bridgehead atoms. The first-order valence-electron chi connectivity index (χ1n) is 5.57. The van der Waals surface area contributed by atoms with Crippen LogP contribution in [0.4, 0.5) is 14.5 Å². The molecule has 0 fully saturated rings. The summed E-state index contributed by atoms with van der Waals surface area (Å²) >= 11 is 0. The molecule has 0 saturated heterocycles. The van der Waals surface area contributed by atoms with Gasteiger partial charge in [0.05, 0.1) is 0 Å². The molecule has 0 spiro atoms. The van der Waals surface area contributed by atoms with E-state index < -0.39 is 11.6 Å². The molecule has 1 N–H and O–H groups in total. The van der Waals surface area contributed by atoms with E-state index in [2.05, 4.69) is 5.32 Å². The molecule has 0 saturated carbocycles. The maximum absolute atomic E-state index is 13.8. The lowest BCUT2D eigenvalue weighted by atomic mass is 9.97. The van der Waals surface area contributed by atoms with Gasteiger partial charge in [-0.15, -0.1) is 0 Å². The highest BCUT2D eigenvalue weighted by molar-refractivity contribution is 5.76. The number of benzene rings is 2. The van der Waals surface area contributed by atoms with Gasteiger partial charge in [0.15, 0.2) is 11.6 Å². The summed E-state index contributed by atoms with van der Waals surface area (Å²) in [5.74, 6) is -1.57. The van der Waals surface area contributed by atoms with E-state index in [1.807, 2.05) is 18.2 Å². The van der Waals surface area contributed by atoms with Gasteiger partial charge in [0.1, 0.15) is 0 Å². The van der Waals surface area contributed by atoms with Crippen molar-refractivity contribution in [2.75, 3.05) is 11.9 Å². The Morgan fingerprint density at radius 3 is 2.59 bits per heavy atom. The number of fused-ring (bicyclic) bond motifs is 1. The SMILES string of the molecule is Fc1cccc(-c2cccc3c2CCN3)c1F. The van der Waals surface area contributed by atoms with E-state index in [1.54, 1.807) is 6.07 Å². The molecule has 1 aliphatic rings. The van der Waals surface area contributed by atoms with Crippen LogP contribution in [0.1, 0.15) is 5.56 Å². The van der Waals surface area contributed by atoms with Gasteiger partial charge in [-0.1, -0.05) is 24.3 Å². The molecule has 2 aromatic carbocycles. The van der Waals surface area contributed by atoms with Crippen LogP contribution < -0.4 is 5.32 Å². The van der Waals surface area contributed by atoms with Crippen LogP contribution in [-0.2, 0) is 6.42 Å². The van der Waals surface area contributed by atoms with Gasteiger partial charge in [0.2, 0.25) is 0 Å². The molecule has 86 valence electrons. The van der Waals surface area contributed by atoms with Crippen molar-refractivity contribution in [3.63, 3.8) is 0 Å². The maximum Gasteiger partial charge on any atom is 0.166 e. The maximum atomic E-state index is 13.8. The fourth-order valence-electron chi connectivity index (χ4n) is 2.31. The molecule has 1 nitrogen and oxygen atoms in total. The molecule has 0 aromatic heterocycles. The first kappa shape index (κ1) is 10.3. The third-order valence-corrected chi connectivity index (χ3v) is 3.11. The second kappa shape index (κ2) is 3.84. The van der Waals surface area contributed by atoms with Crippen LogP contribution in [0.3, 0.4) is 0 Å². The molecule has 1 aliphatic heterocycles. The Hall–Kier alpha value is -1.90. The van der Waals surface area contributed by atoms with Crippen LogP contribution in [0.25, 0.3) is 11.1 Å². The lowest BCUT2D eigenvalue weighted by molar-refractivity contribution is 0.511. The van der Waals surface area contributed by atoms with Crippen molar-refractivity contribution in [2.45, 2.75) is 6.42 Å². The van der Waals surface area contributed by atoms with Crippen molar-refractivity contribution >= 4 is 5.69 Å². The third kappa shape index (κ3) is 1.58. The van der Waals surface area contributed by atoms with E-state index in [-0.39, 0.29) is 0 Å². The van der Waals surface area contributed by atoms with E-state index in [4.69, 9.17) is 0 Å². The third-order valence-electron chi connectivity index (χ3n) is 3.11. The van der Waals surface area contributed by atoms with Crippen LogP contribution in [-0.4, -0.2) is 6.54 Å². The zero-order valence-electron chi connectivity index (χ0n) is 9.13. The Bertz CT molecular complexity index is 578. The summed E-state index contributed by atoms with van der Waals surface area (Å²) in [5.41, 5.74) is 3.21. The van der Waals surface area contributed by atoms with Crippen molar-refractivity contribution in [1.29, 1.82) is 0 Å². The average Bonchev–Trinajstić information content (AvgIpc) is 2.81. The second-order valence-corrected chi connectivity index (χ2v) is 4.11. The summed E-state index contributed by atoms with van der Waals surface area (Å²) in [7, 11) is 0. The van der Waals surface area contributed by atoms with Gasteiger partial charge in [-0.25, -0.2) is 8.78 Å². The first-order chi connectivity index (χ1) is 8.27. The highest BCUT2D eigenvalue weighted by Crippen LogP contribution is 2.34. The standard InChI is InChI=1S/C14H11F2N/c15-12-5-1-4-11(14(12)16)9-3-2-6-13-10(9)7-8-17-13/h1-6,17H,7-8H2. The van der Waals surface area contributed by atoms with Gasteiger partial charge < -0.3 is 5.32 Å². The number of hydrogen-bond donors (Lipinski definition) is 1. The molecule has 0 radical (unpaired) electrons. The Balaban J connectivity index is 2.23. The summed E-state index contributed by atoms with van der Waals surface area (Å²) in [6.45, 7) is 0.850. The molecule has 0 atom stereocenters. The molecule has 17 heavy (non-hydrogen) atoms. The molecule has 0 aliphatic carbocycles. The first-order valence-corrected chi connectivity index (χ1v) is 5.57. The normalized spacial score (nSPS) is 13.3. The largest absolute Gasteiger partial charge is 0.384 e. The van der Waals surface area contributed by atoms with Crippen molar-refractivity contribution in [2.24, 2.45) is 0 Å². The van der Waals surface area contributed by atoms with E-state index >= 15 is 0 Å². The van der Waals surface area contributed by atoms with Crippen molar-refractivity contribution < 1.29 is 8.78 Å². The van der Waals surface area contributed by atoms with Crippen LogP contribution >= 0.6 is 0 Å². The smallest absolute Gasteiger partial charge is 0.166 e. The van der Waals surface area contributed by atoms with Gasteiger partial charge in [0, 0.05) is 17.8 Å². The molecule has 0 amide bonds. The zero-order chi connectivity index (χ0) is 11.8. The van der Waals surface area contributed by atoms with Gasteiger partial charge in [-0.05, 0) is 29.7 Å². The van der Waals surface area contributed by atoms with Crippen LogP contribution in [0.5, 0.6) is 0 Å². The predicted octanol–water partition coefficient (Wildman–Crippen LogP) is 3.60. The van der Waals surface area contributed by atoms with Gasteiger partial charge in [0.25, 0.3) is 0 Å². The van der Waals surface area contributed by atoms with E-state index in [9.17, 15) is 8.78 Å². The second-order valence-electron chi connectivity index (χ2n) is 4.11. The monoisotopic (exact) mass is 231 g/mol. The Morgan fingerprint density at radius 2 is 1.71 bits per heavy atom. The lowest BCUT2D eigenvalue weighted by Gasteiger charge is -2.09. The average molecular weight is 231 g/mol. The summed E-state index contributed by atoms with van der Waals surface area (Å²) in [6.07, 6.45) is 0.849. The van der Waals surface area contributed by atoms with E-state index in [0.29, 0.717) is 5.56 Å². The molecule has 3 rings (SSSR count). The summed E-state index contributed by atoms with van der Waals surface area (Å²) in [6, 6.07) is 9.95. The lowest BCUT2D eigenvalue weighted by Crippen LogP contribution is -1.92. The number of hydrogen-bond acceptors (Lipinski definition) is 1. The van der Waals surface area contributed by atoms with Gasteiger partial charge >= 0.3 is 0 Å². The van der Waals surface area contributed by atoms with Gasteiger partial charge in [-0.2, -0.15) is 0 Å². The Morgan fingerprint density at radius 1 is 0.941 bits per heavy atom. The Labute approximate surface area is 98.1 Å². The number of halogens is 2. The van der Waals surface area contributed by atoms with Crippen LogP contribution in [0.2, 0.25) is 0 Å². The Kier molecular flexibility index (Phi) is 2.32. The van der Waals surface area contributed by atoms with Crippen molar-refractivity contribution in [1.82, 2.24) is 0 Å². The zero-order valence-corrected chi connectivity index (χ0v) is 9.13. The number of anilines is 1. The van der Waals surface area contributed by atoms with E-state index in [1.165, 1.54) is 6.07 Å². The minimum Gasteiger partial charge on any atom is -0.384 e. The van der Waals surface area contributed by atoms with Gasteiger partial charge in [-0.3, -0.25) is 0 Å². The molecule has 1 heterocycles. The molecule has 2 aromatic rings. The quantitative estimate of drug-likeness (QED) is 0.790. The molecular weight excluding hydrogens is 220 g/mol. The topological polar surface area (TPSA) is 12.0 Å². The summed E-state index contributed by atoms with van der Waals surface area (Å²) in [5, 5.41) is 3.23. The van der Waals surface area contributed by atoms with Crippen LogP contribution in [0, 0.1) is 11.6 Å². The predicted molar refractivity (Wildman–Crippen MR) is 64.0 cm³/mol. The molecular formula is C14H11F2N. The van der Waals surface area contributed by atoms with Crippen LogP contribution in [0.15, 0.2) is 36.4 Å². The van der Waals surface area contributed by atoms with E-state index in [0.717, 1.165) is 35.8 Å². The van der Waals surface area contributed by atoms with Crippen molar-refractivity contribution in [3.05, 3.63) is 53.6 Å². The fraction of sp³-hybridized carbons (Fsp3) is 0.143. The highest BCUT2D eigenvalue weighted by Gasteiger charge is 2.18. The number of rotatable bonds is 1. The summed E-state index contributed by atoms with van der Waals surface area (Å²) in [4.78, 5) is 0. The number of nitrogens with one attached hydrogen (secondary N) is 1. The summed E-state index contributed by atoms with van der Waals surface area (Å²) < 4.78 is 27.0. The highest BCUT2D eigenvalue weighted by atomic mass is 19.2. The molecule has 3 heteroatoms. The minimum atomic E-state index is -0.800. The fourth-order valence-corrected chi connectivity index (χ4v) is 2.31. The minimum absolute atomic E-state index is 0.338.